The summed E-state index contributed by atoms with van der Waals surface area (Å²) in [7, 11) is 0. The topological polar surface area (TPSA) is 26.9 Å². The molecule has 1 aromatic carbocycles. The molecule has 0 bridgehead atoms. The second kappa shape index (κ2) is 5.71. The van der Waals surface area contributed by atoms with Gasteiger partial charge in [0.15, 0.2) is 0 Å². The second-order valence-electron chi connectivity index (χ2n) is 5.07. The third-order valence-corrected chi connectivity index (χ3v) is 3.06. The maximum Gasteiger partial charge on any atom is 0.328 e. The molecule has 96 valence electrons. The van der Waals surface area contributed by atoms with Gasteiger partial charge in [0.05, 0.1) is 6.54 Å². The summed E-state index contributed by atoms with van der Waals surface area (Å²) in [6, 6.07) is 10.1. The summed E-state index contributed by atoms with van der Waals surface area (Å²) < 4.78 is 3.55. The van der Waals surface area contributed by atoms with Crippen molar-refractivity contribution in [1.29, 1.82) is 0 Å². The van der Waals surface area contributed by atoms with Gasteiger partial charge in [0.25, 0.3) is 0 Å². The van der Waals surface area contributed by atoms with E-state index in [1.165, 1.54) is 0 Å². The maximum atomic E-state index is 12.1. The van der Waals surface area contributed by atoms with E-state index in [1.807, 2.05) is 42.7 Å². The van der Waals surface area contributed by atoms with Crippen LogP contribution in [0.25, 0.3) is 0 Å². The van der Waals surface area contributed by atoms with Crippen LogP contribution in [0.5, 0.6) is 0 Å². The van der Waals surface area contributed by atoms with E-state index in [-0.39, 0.29) is 5.69 Å². The summed E-state index contributed by atoms with van der Waals surface area (Å²) in [5.74, 6) is 0.620. The fourth-order valence-corrected chi connectivity index (χ4v) is 1.92. The second-order valence-corrected chi connectivity index (χ2v) is 5.07. The normalized spacial score (nSPS) is 11.1. The van der Waals surface area contributed by atoms with Gasteiger partial charge in [-0.3, -0.25) is 9.13 Å². The van der Waals surface area contributed by atoms with E-state index in [1.54, 1.807) is 9.13 Å². The van der Waals surface area contributed by atoms with E-state index < -0.39 is 0 Å². The lowest BCUT2D eigenvalue weighted by Gasteiger charge is -2.05. The van der Waals surface area contributed by atoms with Crippen LogP contribution in [-0.4, -0.2) is 9.13 Å². The van der Waals surface area contributed by atoms with Gasteiger partial charge in [-0.15, -0.1) is 0 Å². The molecule has 0 aliphatic rings. The lowest BCUT2D eigenvalue weighted by Crippen LogP contribution is -2.24. The monoisotopic (exact) mass is 244 g/mol. The van der Waals surface area contributed by atoms with E-state index in [2.05, 4.69) is 13.8 Å². The van der Waals surface area contributed by atoms with Crippen molar-refractivity contribution in [2.75, 3.05) is 0 Å². The first-order valence-electron chi connectivity index (χ1n) is 6.46. The summed E-state index contributed by atoms with van der Waals surface area (Å²) >= 11 is 0. The van der Waals surface area contributed by atoms with Crippen LogP contribution >= 0.6 is 0 Å². The number of imidazole rings is 1. The predicted molar refractivity (Wildman–Crippen MR) is 73.7 cm³/mol. The molecular weight excluding hydrogens is 224 g/mol. The van der Waals surface area contributed by atoms with Gasteiger partial charge >= 0.3 is 5.69 Å². The van der Waals surface area contributed by atoms with Crippen molar-refractivity contribution >= 4 is 0 Å². The zero-order valence-corrected chi connectivity index (χ0v) is 11.0. The Kier molecular flexibility index (Phi) is 4.03. The van der Waals surface area contributed by atoms with Crippen LogP contribution in [0.15, 0.2) is 47.5 Å². The lowest BCUT2D eigenvalue weighted by atomic mass is 10.1. The van der Waals surface area contributed by atoms with Crippen molar-refractivity contribution in [2.45, 2.75) is 33.4 Å². The van der Waals surface area contributed by atoms with Crippen molar-refractivity contribution in [3.8, 4) is 0 Å². The molecule has 3 nitrogen and oxygen atoms in total. The summed E-state index contributed by atoms with van der Waals surface area (Å²) in [5, 5.41) is 0. The molecule has 0 atom stereocenters. The highest BCUT2D eigenvalue weighted by atomic mass is 16.1. The Bertz CT molecular complexity index is 537. The number of aryl methyl sites for hydroxylation is 1. The van der Waals surface area contributed by atoms with Gasteiger partial charge in [-0.1, -0.05) is 44.2 Å². The van der Waals surface area contributed by atoms with Crippen molar-refractivity contribution in [2.24, 2.45) is 5.92 Å². The minimum atomic E-state index is 0.0829. The van der Waals surface area contributed by atoms with Crippen LogP contribution in [0.1, 0.15) is 25.8 Å². The van der Waals surface area contributed by atoms with Crippen LogP contribution in [-0.2, 0) is 13.1 Å². The van der Waals surface area contributed by atoms with Gasteiger partial charge in [-0.05, 0) is 17.9 Å². The molecule has 3 heteroatoms. The third kappa shape index (κ3) is 3.13. The molecule has 0 unspecified atom stereocenters. The minimum absolute atomic E-state index is 0.0829. The van der Waals surface area contributed by atoms with Crippen LogP contribution in [0.4, 0.5) is 0 Å². The molecule has 0 aliphatic heterocycles. The minimum Gasteiger partial charge on any atom is -0.299 e. The van der Waals surface area contributed by atoms with Gasteiger partial charge in [-0.25, -0.2) is 4.79 Å². The van der Waals surface area contributed by atoms with Gasteiger partial charge in [0, 0.05) is 18.9 Å². The Morgan fingerprint density at radius 1 is 1.06 bits per heavy atom. The summed E-state index contributed by atoms with van der Waals surface area (Å²) in [6.07, 6.45) is 4.79. The molecular formula is C15H20N2O. The molecule has 0 aliphatic carbocycles. The fourth-order valence-electron chi connectivity index (χ4n) is 1.92. The number of nitrogens with zero attached hydrogens (tertiary/aromatic N) is 2. The van der Waals surface area contributed by atoms with Crippen LogP contribution in [0.3, 0.4) is 0 Å². The van der Waals surface area contributed by atoms with Crippen molar-refractivity contribution in [3.63, 3.8) is 0 Å². The quantitative estimate of drug-likeness (QED) is 0.794. The van der Waals surface area contributed by atoms with Gasteiger partial charge in [0.2, 0.25) is 0 Å². The number of benzene rings is 1. The number of aromatic nitrogens is 2. The van der Waals surface area contributed by atoms with Crippen LogP contribution in [0.2, 0.25) is 0 Å². The van der Waals surface area contributed by atoms with Crippen LogP contribution < -0.4 is 5.69 Å². The van der Waals surface area contributed by atoms with E-state index in [0.29, 0.717) is 12.5 Å². The first kappa shape index (κ1) is 12.7. The summed E-state index contributed by atoms with van der Waals surface area (Å²) in [4.78, 5) is 12.1. The molecule has 0 fully saturated rings. The molecule has 1 heterocycles. The van der Waals surface area contributed by atoms with Gasteiger partial charge < -0.3 is 0 Å². The summed E-state index contributed by atoms with van der Waals surface area (Å²) in [5.41, 5.74) is 1.24. The molecule has 0 saturated heterocycles. The Labute approximate surface area is 108 Å². The molecule has 2 aromatic rings. The molecule has 0 radical (unpaired) electrons. The van der Waals surface area contributed by atoms with Crippen LogP contribution in [0, 0.1) is 5.92 Å². The first-order chi connectivity index (χ1) is 8.66. The molecule has 0 saturated carbocycles. The van der Waals surface area contributed by atoms with E-state index in [4.69, 9.17) is 0 Å². The van der Waals surface area contributed by atoms with E-state index in [9.17, 15) is 4.79 Å². The van der Waals surface area contributed by atoms with Gasteiger partial charge in [0.1, 0.15) is 0 Å². The van der Waals surface area contributed by atoms with Crippen molar-refractivity contribution in [1.82, 2.24) is 9.13 Å². The fraction of sp³-hybridized carbons (Fsp3) is 0.400. The third-order valence-electron chi connectivity index (χ3n) is 3.06. The molecule has 2 rings (SSSR count). The zero-order chi connectivity index (χ0) is 13.0. The molecule has 1 aromatic heterocycles. The Hall–Kier alpha value is -1.77. The molecule has 18 heavy (non-hydrogen) atoms. The highest BCUT2D eigenvalue weighted by Gasteiger charge is 2.04. The average Bonchev–Trinajstić information content (AvgIpc) is 2.70. The number of hydrogen-bond donors (Lipinski definition) is 0. The van der Waals surface area contributed by atoms with Crippen molar-refractivity contribution in [3.05, 3.63) is 58.8 Å². The molecule has 0 amide bonds. The SMILES string of the molecule is CC(C)CCn1ccn(Cc2ccccc2)c1=O. The van der Waals surface area contributed by atoms with Gasteiger partial charge in [-0.2, -0.15) is 0 Å². The van der Waals surface area contributed by atoms with E-state index in [0.717, 1.165) is 18.5 Å². The maximum absolute atomic E-state index is 12.1. The average molecular weight is 244 g/mol. The lowest BCUT2D eigenvalue weighted by molar-refractivity contribution is 0.503. The standard InChI is InChI=1S/C15H20N2O/c1-13(2)8-9-16-10-11-17(15(16)18)12-14-6-4-3-5-7-14/h3-7,10-11,13H,8-9,12H2,1-2H3. The smallest absolute Gasteiger partial charge is 0.299 e. The highest BCUT2D eigenvalue weighted by molar-refractivity contribution is 5.15. The highest BCUT2D eigenvalue weighted by Crippen LogP contribution is 2.03. The zero-order valence-electron chi connectivity index (χ0n) is 11.0. The number of rotatable bonds is 5. The summed E-state index contributed by atoms with van der Waals surface area (Å²) in [6.45, 7) is 5.80. The number of hydrogen-bond acceptors (Lipinski definition) is 1. The Morgan fingerprint density at radius 3 is 2.39 bits per heavy atom. The predicted octanol–water partition coefficient (Wildman–Crippen LogP) is 2.74. The Morgan fingerprint density at radius 2 is 1.72 bits per heavy atom. The van der Waals surface area contributed by atoms with E-state index >= 15 is 0 Å². The largest absolute Gasteiger partial charge is 0.328 e. The molecule has 0 N–H and O–H groups in total. The Balaban J connectivity index is 2.09. The molecule has 0 spiro atoms. The van der Waals surface area contributed by atoms with Crippen molar-refractivity contribution < 1.29 is 0 Å². The first-order valence-corrected chi connectivity index (χ1v) is 6.46.